The normalized spacial score (nSPS) is 12.2. The highest BCUT2D eigenvalue weighted by Crippen LogP contribution is 2.56. The summed E-state index contributed by atoms with van der Waals surface area (Å²) >= 11 is 0. The zero-order chi connectivity index (χ0) is 52.9. The molecule has 0 spiro atoms. The van der Waals surface area contributed by atoms with Crippen LogP contribution in [0.1, 0.15) is 44.8 Å². The molecule has 9 aromatic carbocycles. The van der Waals surface area contributed by atoms with Crippen molar-refractivity contribution in [3.8, 4) is 112 Å². The molecule has 0 atom stereocenters. The van der Waals surface area contributed by atoms with Crippen LogP contribution in [0.25, 0.3) is 134 Å². The van der Waals surface area contributed by atoms with Gasteiger partial charge in [-0.25, -0.2) is 0 Å². The minimum absolute atomic E-state index is 0.623. The van der Waals surface area contributed by atoms with Crippen molar-refractivity contribution in [3.05, 3.63) is 257 Å². The summed E-state index contributed by atoms with van der Waals surface area (Å²) in [4.78, 5) is 11.8. The fourth-order valence-electron chi connectivity index (χ4n) is 13.0. The number of fused-ring (bicyclic) bond motifs is 9. The van der Waals surface area contributed by atoms with Gasteiger partial charge in [-0.15, -0.1) is 10.2 Å². The third-order valence-corrected chi connectivity index (χ3v) is 16.8. The predicted octanol–water partition coefficient (Wildman–Crippen LogP) is 18.3. The van der Waals surface area contributed by atoms with E-state index in [1.165, 1.54) is 44.5 Å². The Labute approximate surface area is 458 Å². The molecule has 0 amide bonds. The van der Waals surface area contributed by atoms with Crippen LogP contribution in [0.3, 0.4) is 0 Å². The predicted molar refractivity (Wildman–Crippen MR) is 322 cm³/mol. The van der Waals surface area contributed by atoms with Gasteiger partial charge >= 0.3 is 0 Å². The molecule has 0 bridgehead atoms. The topological polar surface area (TPSA) is 77.6 Å². The average molecular weight is 1010 g/mol. The molecule has 0 unspecified atom stereocenters. The molecular weight excluding hydrogens is 963 g/mol. The summed E-state index contributed by atoms with van der Waals surface area (Å²) in [5.41, 5.74) is 31.7. The van der Waals surface area contributed by atoms with Crippen LogP contribution < -0.4 is 0 Å². The highest BCUT2D eigenvalue weighted by atomic mass is 16.3. The molecule has 2 aliphatic rings. The Kier molecular flexibility index (Phi) is 10.8. The molecule has 79 heavy (non-hydrogen) atoms. The summed E-state index contributed by atoms with van der Waals surface area (Å²) in [6.45, 7) is 9.07. The number of benzene rings is 9. The van der Waals surface area contributed by atoms with Crippen molar-refractivity contribution < 1.29 is 4.42 Å². The summed E-state index contributed by atoms with van der Waals surface area (Å²) in [6.07, 6.45) is 1.43. The number of aromatic nitrogens is 5. The van der Waals surface area contributed by atoms with Crippen molar-refractivity contribution in [2.75, 3.05) is 0 Å². The molecule has 0 radical (unpaired) electrons. The molecule has 0 saturated carbocycles. The van der Waals surface area contributed by atoms with E-state index in [2.05, 4.69) is 228 Å². The van der Waals surface area contributed by atoms with Crippen LogP contribution in [0.4, 0.5) is 0 Å². The van der Waals surface area contributed by atoms with Crippen LogP contribution >= 0.6 is 0 Å². The molecule has 2 aliphatic carbocycles. The van der Waals surface area contributed by atoms with Gasteiger partial charge in [-0.1, -0.05) is 188 Å². The Balaban J connectivity index is 1.04. The molecular formula is C73H51N5O. The minimum atomic E-state index is 0.623. The second-order valence-corrected chi connectivity index (χ2v) is 21.1. The number of para-hydroxylation sites is 1. The number of rotatable bonds is 8. The monoisotopic (exact) mass is 1010 g/mol. The van der Waals surface area contributed by atoms with Crippen LogP contribution in [-0.4, -0.2) is 25.4 Å². The van der Waals surface area contributed by atoms with Gasteiger partial charge in [0.25, 0.3) is 0 Å². The van der Waals surface area contributed by atoms with Crippen LogP contribution in [-0.2, 0) is 12.8 Å². The van der Waals surface area contributed by atoms with Crippen molar-refractivity contribution >= 4 is 21.9 Å². The van der Waals surface area contributed by atoms with Gasteiger partial charge < -0.3 is 4.42 Å². The molecule has 0 aliphatic heterocycles. The summed E-state index contributed by atoms with van der Waals surface area (Å²) in [7, 11) is 0. The Morgan fingerprint density at radius 2 is 0.835 bits per heavy atom. The summed E-state index contributed by atoms with van der Waals surface area (Å²) in [5.74, 6) is 0. The largest absolute Gasteiger partial charge is 0.456 e. The molecule has 0 fully saturated rings. The van der Waals surface area contributed by atoms with Gasteiger partial charge in [0.2, 0.25) is 0 Å². The van der Waals surface area contributed by atoms with Gasteiger partial charge in [0.05, 0.1) is 28.3 Å². The van der Waals surface area contributed by atoms with Gasteiger partial charge in [0.15, 0.2) is 0 Å². The van der Waals surface area contributed by atoms with E-state index in [1.54, 1.807) is 0 Å². The van der Waals surface area contributed by atoms with E-state index < -0.39 is 0 Å². The molecule has 6 nitrogen and oxygen atoms in total. The molecule has 0 saturated heterocycles. The molecule has 6 heteroatoms. The molecule has 0 N–H and O–H groups in total. The van der Waals surface area contributed by atoms with E-state index in [0.29, 0.717) is 17.8 Å². The van der Waals surface area contributed by atoms with Crippen LogP contribution in [0.15, 0.2) is 217 Å². The van der Waals surface area contributed by atoms with Crippen molar-refractivity contribution in [1.82, 2.24) is 25.4 Å². The highest BCUT2D eigenvalue weighted by Gasteiger charge is 2.36. The Morgan fingerprint density at radius 3 is 1.53 bits per heavy atom. The van der Waals surface area contributed by atoms with Crippen LogP contribution in [0.2, 0.25) is 0 Å². The lowest BCUT2D eigenvalue weighted by atomic mass is 9.81. The molecule has 15 rings (SSSR count). The highest BCUT2D eigenvalue weighted by molar-refractivity contribution is 6.17. The maximum atomic E-state index is 6.68. The third-order valence-electron chi connectivity index (χ3n) is 16.8. The summed E-state index contributed by atoms with van der Waals surface area (Å²) < 4.78 is 6.68. The second-order valence-electron chi connectivity index (χ2n) is 21.1. The second kappa shape index (κ2) is 18.4. The number of hydrogen-bond donors (Lipinski definition) is 0. The van der Waals surface area contributed by atoms with Gasteiger partial charge in [-0.3, -0.25) is 9.97 Å². The van der Waals surface area contributed by atoms with Gasteiger partial charge in [-0.2, -0.15) is 0 Å². The number of pyridine rings is 2. The van der Waals surface area contributed by atoms with Crippen LogP contribution in [0.5, 0.6) is 0 Å². The van der Waals surface area contributed by atoms with E-state index in [9.17, 15) is 0 Å². The first-order valence-corrected chi connectivity index (χ1v) is 27.2. The number of hydrogen-bond acceptors (Lipinski definition) is 6. The fraction of sp³-hybridized carbons (Fsp3) is 0.0822. The van der Waals surface area contributed by atoms with Crippen molar-refractivity contribution in [3.63, 3.8) is 0 Å². The van der Waals surface area contributed by atoms with Gasteiger partial charge in [0.1, 0.15) is 22.6 Å². The maximum absolute atomic E-state index is 6.68. The lowest BCUT2D eigenvalue weighted by molar-refractivity contribution is 0.669. The third kappa shape index (κ3) is 7.28. The number of nitrogens with zero attached hydrogens (tertiary/aromatic N) is 5. The van der Waals surface area contributed by atoms with Crippen LogP contribution in [0, 0.1) is 27.7 Å². The molecule has 13 aromatic rings. The Morgan fingerprint density at radius 1 is 0.316 bits per heavy atom. The van der Waals surface area contributed by atoms with Gasteiger partial charge in [0, 0.05) is 51.4 Å². The standard InChI is InChI=1S/C73H51N5O/c1-42-44(3)70(74-58-40-50-31-17-18-33-53(50)62(42)58)68-57(48-27-13-7-14-28-48)39-51-41-59-63(65(51)64(68)49-29-15-8-16-30-49)43(2)45(4)71(75-59)69-72(55-34-20-19-32-52(55)46-23-9-5-10-24-46)76-78-77-73(69)67-54(47-25-11-6-12-26-47)37-38-61-66(67)56-35-21-22-36-60(56)79-61/h5-39H,40-41H2,1-4H3. The SMILES string of the molecule is Cc1c(-c2c(-c3ccccc3)cc3c(c2-c2ccccc2)-c2c(nc(-c4c(-c5ccccc5-c5ccccc5)nnnc4-c4c(-c5ccccc5)ccc5oc6ccccc6c45)c(C)c2C)C3)nc2c(c1C)-c1ccccc1C2. The zero-order valence-electron chi connectivity index (χ0n) is 44.3. The first-order chi connectivity index (χ1) is 38.9. The van der Waals surface area contributed by atoms with E-state index >= 15 is 0 Å². The quantitative estimate of drug-likeness (QED) is 0.151. The van der Waals surface area contributed by atoms with E-state index in [0.717, 1.165) is 129 Å². The van der Waals surface area contributed by atoms with E-state index in [-0.39, 0.29) is 0 Å². The first kappa shape index (κ1) is 46.4. The average Bonchev–Trinajstić information content (AvgIpc) is 3.96. The maximum Gasteiger partial charge on any atom is 0.136 e. The fourth-order valence-corrected chi connectivity index (χ4v) is 13.0. The van der Waals surface area contributed by atoms with E-state index in [1.807, 2.05) is 12.1 Å². The van der Waals surface area contributed by atoms with Crippen molar-refractivity contribution in [1.29, 1.82) is 0 Å². The minimum Gasteiger partial charge on any atom is -0.456 e. The zero-order valence-corrected chi connectivity index (χ0v) is 44.3. The van der Waals surface area contributed by atoms with E-state index in [4.69, 9.17) is 29.8 Å². The smallest absolute Gasteiger partial charge is 0.136 e. The summed E-state index contributed by atoms with van der Waals surface area (Å²) in [5, 5.41) is 17.0. The van der Waals surface area contributed by atoms with Crippen molar-refractivity contribution in [2.45, 2.75) is 40.5 Å². The lowest BCUT2D eigenvalue weighted by Crippen LogP contribution is -2.07. The molecule has 4 heterocycles. The summed E-state index contributed by atoms with van der Waals surface area (Å²) in [6, 6.07) is 75.2. The molecule has 4 aromatic heterocycles. The lowest BCUT2D eigenvalue weighted by Gasteiger charge is -2.24. The Hall–Kier alpha value is -9.91. The van der Waals surface area contributed by atoms with Crippen molar-refractivity contribution in [2.24, 2.45) is 0 Å². The Bertz CT molecular complexity index is 4620. The molecule has 374 valence electrons. The number of furan rings is 1. The van der Waals surface area contributed by atoms with Gasteiger partial charge in [-0.05, 0) is 146 Å². The first-order valence-electron chi connectivity index (χ1n) is 27.2.